The maximum Gasteiger partial charge on any atom is 0.332 e. The van der Waals surface area contributed by atoms with Gasteiger partial charge in [-0.05, 0) is 55.6 Å². The van der Waals surface area contributed by atoms with Crippen molar-refractivity contribution in [1.82, 2.24) is 23.8 Å². The van der Waals surface area contributed by atoms with Gasteiger partial charge in [0.25, 0.3) is 5.56 Å². The molecule has 0 spiro atoms. The van der Waals surface area contributed by atoms with E-state index in [1.165, 1.54) is 36.4 Å². The molecule has 0 bridgehead atoms. The molecule has 1 aliphatic rings. The van der Waals surface area contributed by atoms with Crippen LogP contribution in [0, 0.1) is 5.92 Å². The second-order valence-corrected chi connectivity index (χ2v) is 10.6. The van der Waals surface area contributed by atoms with Gasteiger partial charge in [0.05, 0.1) is 6.54 Å². The number of rotatable bonds is 7. The Kier molecular flexibility index (Phi) is 7.02. The van der Waals surface area contributed by atoms with E-state index < -0.39 is 0 Å². The minimum Gasteiger partial charge on any atom is -0.340 e. The minimum absolute atomic E-state index is 0.222. The Hall–Kier alpha value is -3.65. The molecule has 4 aromatic rings. The van der Waals surface area contributed by atoms with Crippen LogP contribution in [-0.2, 0) is 20.1 Å². The summed E-state index contributed by atoms with van der Waals surface area (Å²) in [5.41, 5.74) is 2.99. The van der Waals surface area contributed by atoms with Gasteiger partial charge in [0.15, 0.2) is 5.65 Å². The third kappa shape index (κ3) is 4.98. The Bertz CT molecular complexity index is 1500. The van der Waals surface area contributed by atoms with Gasteiger partial charge in [-0.3, -0.25) is 18.8 Å². The predicted molar refractivity (Wildman–Crippen MR) is 149 cm³/mol. The lowest BCUT2D eigenvalue weighted by molar-refractivity contribution is 0.187. The molecule has 194 valence electrons. The highest BCUT2D eigenvalue weighted by molar-refractivity contribution is 5.89. The zero-order valence-corrected chi connectivity index (χ0v) is 22.1. The molecule has 8 nitrogen and oxygen atoms in total. The molecule has 37 heavy (non-hydrogen) atoms. The van der Waals surface area contributed by atoms with Crippen LogP contribution < -0.4 is 16.6 Å². The molecule has 2 aromatic heterocycles. The van der Waals surface area contributed by atoms with Gasteiger partial charge in [0.1, 0.15) is 11.2 Å². The number of piperidine rings is 1. The molecule has 0 radical (unpaired) electrons. The fourth-order valence-electron chi connectivity index (χ4n) is 5.31. The lowest BCUT2D eigenvalue weighted by Crippen LogP contribution is -2.38. The van der Waals surface area contributed by atoms with Crippen LogP contribution in [-0.4, -0.2) is 37.4 Å². The Morgan fingerprint density at radius 3 is 2.41 bits per heavy atom. The van der Waals surface area contributed by atoms with Crippen LogP contribution in [0.5, 0.6) is 0 Å². The SMILES string of the molecule is CC(C)Cn1c(=O)n(C)c(=O)c2c(Nc3ccccc3)n(Cc3ccc(C4CCCCN4C)cc3)nc21. The van der Waals surface area contributed by atoms with Crippen LogP contribution in [0.3, 0.4) is 0 Å². The summed E-state index contributed by atoms with van der Waals surface area (Å²) >= 11 is 0. The summed E-state index contributed by atoms with van der Waals surface area (Å²) < 4.78 is 4.62. The van der Waals surface area contributed by atoms with Gasteiger partial charge in [-0.1, -0.05) is 62.7 Å². The number of likely N-dealkylation sites (tertiary alicyclic amines) is 1. The van der Waals surface area contributed by atoms with Crippen molar-refractivity contribution >= 4 is 22.5 Å². The fourth-order valence-corrected chi connectivity index (χ4v) is 5.31. The molecule has 2 aromatic carbocycles. The lowest BCUT2D eigenvalue weighted by atomic mass is 9.95. The van der Waals surface area contributed by atoms with Gasteiger partial charge in [-0.25, -0.2) is 9.48 Å². The second kappa shape index (κ2) is 10.4. The van der Waals surface area contributed by atoms with E-state index in [-0.39, 0.29) is 17.2 Å². The monoisotopic (exact) mass is 500 g/mol. The number of aromatic nitrogens is 4. The highest BCUT2D eigenvalue weighted by Crippen LogP contribution is 2.30. The first-order chi connectivity index (χ1) is 17.8. The normalized spacial score (nSPS) is 16.5. The molecule has 5 rings (SSSR count). The summed E-state index contributed by atoms with van der Waals surface area (Å²) in [6, 6.07) is 18.9. The number of fused-ring (bicyclic) bond motifs is 1. The number of nitrogens with one attached hydrogen (secondary N) is 1. The standard InChI is InChI=1S/C29H36N6O2/c1-20(2)18-34-27-25(28(36)33(4)29(34)37)26(30-23-10-6-5-7-11-23)35(31-27)19-21-13-15-22(16-14-21)24-12-8-9-17-32(24)3/h5-7,10-11,13-16,20,24,30H,8-9,12,17-19H2,1-4H3. The van der Waals surface area contributed by atoms with Crippen molar-refractivity contribution in [2.45, 2.75) is 52.2 Å². The van der Waals surface area contributed by atoms with E-state index in [1.54, 1.807) is 4.57 Å². The van der Waals surface area contributed by atoms with Crippen molar-refractivity contribution in [1.29, 1.82) is 0 Å². The first kappa shape index (κ1) is 25.0. The minimum atomic E-state index is -0.347. The summed E-state index contributed by atoms with van der Waals surface area (Å²) in [5.74, 6) is 0.815. The average Bonchev–Trinajstić information content (AvgIpc) is 3.24. The van der Waals surface area contributed by atoms with E-state index in [4.69, 9.17) is 5.10 Å². The van der Waals surface area contributed by atoms with Crippen LogP contribution >= 0.6 is 0 Å². The molecule has 1 saturated heterocycles. The van der Waals surface area contributed by atoms with Gasteiger partial charge in [-0.2, -0.15) is 5.10 Å². The third-order valence-electron chi connectivity index (χ3n) is 7.28. The molecule has 0 amide bonds. The topological polar surface area (TPSA) is 77.1 Å². The molecule has 0 aliphatic carbocycles. The quantitative estimate of drug-likeness (QED) is 0.404. The Labute approximate surface area is 217 Å². The molecule has 8 heteroatoms. The van der Waals surface area contributed by atoms with E-state index in [0.717, 1.165) is 17.8 Å². The zero-order valence-electron chi connectivity index (χ0n) is 22.1. The van der Waals surface area contributed by atoms with Crippen LogP contribution in [0.1, 0.15) is 50.3 Å². The van der Waals surface area contributed by atoms with E-state index in [9.17, 15) is 9.59 Å². The van der Waals surface area contributed by atoms with Crippen molar-refractivity contribution in [3.63, 3.8) is 0 Å². The van der Waals surface area contributed by atoms with E-state index in [1.807, 2.05) is 35.0 Å². The van der Waals surface area contributed by atoms with Gasteiger partial charge in [0.2, 0.25) is 0 Å². The number of para-hydroxylation sites is 1. The van der Waals surface area contributed by atoms with Crippen LogP contribution in [0.25, 0.3) is 11.0 Å². The van der Waals surface area contributed by atoms with Gasteiger partial charge in [0, 0.05) is 25.3 Å². The summed E-state index contributed by atoms with van der Waals surface area (Å²) in [7, 11) is 3.73. The highest BCUT2D eigenvalue weighted by atomic mass is 16.2. The fraction of sp³-hybridized carbons (Fsp3) is 0.414. The largest absolute Gasteiger partial charge is 0.340 e. The predicted octanol–water partition coefficient (Wildman–Crippen LogP) is 4.50. The zero-order chi connectivity index (χ0) is 26.1. The van der Waals surface area contributed by atoms with E-state index in [0.29, 0.717) is 36.0 Å². The molecular formula is C29H36N6O2. The van der Waals surface area contributed by atoms with E-state index >= 15 is 0 Å². The van der Waals surface area contributed by atoms with Crippen molar-refractivity contribution in [2.75, 3.05) is 18.9 Å². The Morgan fingerprint density at radius 1 is 1.00 bits per heavy atom. The van der Waals surface area contributed by atoms with E-state index in [2.05, 4.69) is 55.4 Å². The average molecular weight is 501 g/mol. The summed E-state index contributed by atoms with van der Waals surface area (Å²) in [4.78, 5) is 28.8. The van der Waals surface area contributed by atoms with Crippen LogP contribution in [0.2, 0.25) is 0 Å². The van der Waals surface area contributed by atoms with Crippen LogP contribution in [0.15, 0.2) is 64.2 Å². The molecule has 1 aliphatic heterocycles. The Morgan fingerprint density at radius 2 is 1.73 bits per heavy atom. The smallest absolute Gasteiger partial charge is 0.332 e. The number of hydrogen-bond acceptors (Lipinski definition) is 5. The molecule has 3 heterocycles. The first-order valence-corrected chi connectivity index (χ1v) is 13.1. The first-order valence-electron chi connectivity index (χ1n) is 13.1. The molecule has 1 N–H and O–H groups in total. The van der Waals surface area contributed by atoms with Crippen LogP contribution in [0.4, 0.5) is 11.5 Å². The Balaban J connectivity index is 1.59. The molecule has 1 unspecified atom stereocenters. The molecule has 1 fully saturated rings. The van der Waals surface area contributed by atoms with Gasteiger partial charge < -0.3 is 5.32 Å². The lowest BCUT2D eigenvalue weighted by Gasteiger charge is -2.32. The number of hydrogen-bond donors (Lipinski definition) is 1. The van der Waals surface area contributed by atoms with Crippen molar-refractivity contribution in [3.05, 3.63) is 86.6 Å². The third-order valence-corrected chi connectivity index (χ3v) is 7.28. The van der Waals surface area contributed by atoms with Crippen molar-refractivity contribution < 1.29 is 0 Å². The summed E-state index contributed by atoms with van der Waals surface area (Å²) in [6.45, 7) is 6.19. The maximum absolute atomic E-state index is 13.4. The molecule has 1 atom stereocenters. The molecular weight excluding hydrogens is 464 g/mol. The number of anilines is 2. The maximum atomic E-state index is 13.4. The van der Waals surface area contributed by atoms with Crippen molar-refractivity contribution in [3.8, 4) is 0 Å². The van der Waals surface area contributed by atoms with Gasteiger partial charge >= 0.3 is 5.69 Å². The van der Waals surface area contributed by atoms with Crippen molar-refractivity contribution in [2.24, 2.45) is 13.0 Å². The summed E-state index contributed by atoms with van der Waals surface area (Å²) in [5, 5.41) is 8.68. The summed E-state index contributed by atoms with van der Waals surface area (Å²) in [6.07, 6.45) is 3.71. The highest BCUT2D eigenvalue weighted by Gasteiger charge is 2.23. The number of nitrogens with zero attached hydrogens (tertiary/aromatic N) is 5. The number of benzene rings is 2. The molecule has 0 saturated carbocycles. The second-order valence-electron chi connectivity index (χ2n) is 10.6. The van der Waals surface area contributed by atoms with Gasteiger partial charge in [-0.15, -0.1) is 0 Å².